The van der Waals surface area contributed by atoms with Crippen molar-refractivity contribution in [3.05, 3.63) is 0 Å². The maximum Gasteiger partial charge on any atom is 0.243 e. The van der Waals surface area contributed by atoms with E-state index in [1.54, 1.807) is 0 Å². The Bertz CT molecular complexity index is 91.7. The summed E-state index contributed by atoms with van der Waals surface area (Å²) < 4.78 is 32.9. The zero-order valence-electron chi connectivity index (χ0n) is 6.36. The lowest BCUT2D eigenvalue weighted by molar-refractivity contribution is -0.212. The Kier molecular flexibility index (Phi) is 3.75. The summed E-state index contributed by atoms with van der Waals surface area (Å²) in [5.74, 6) is -1.14. The average molecular weight is 154 g/mol. The first-order chi connectivity index (χ1) is 4.54. The fourth-order valence-electron chi connectivity index (χ4n) is 0.530. The Morgan fingerprint density at radius 3 is 1.80 bits per heavy atom. The van der Waals surface area contributed by atoms with Gasteiger partial charge in [0.05, 0.1) is 6.42 Å². The molecule has 0 rings (SSSR count). The van der Waals surface area contributed by atoms with Crippen LogP contribution in [-0.2, 0) is 9.47 Å². The highest BCUT2D eigenvalue weighted by Gasteiger charge is 2.27. The number of alkyl halides is 2. The van der Waals surface area contributed by atoms with Gasteiger partial charge in [-0.25, -0.2) is 8.78 Å². The van der Waals surface area contributed by atoms with Crippen molar-refractivity contribution in [1.29, 1.82) is 0 Å². The van der Waals surface area contributed by atoms with E-state index in [2.05, 4.69) is 0 Å². The van der Waals surface area contributed by atoms with Crippen LogP contribution < -0.4 is 0 Å². The van der Waals surface area contributed by atoms with E-state index >= 15 is 0 Å². The van der Waals surface area contributed by atoms with Crippen molar-refractivity contribution < 1.29 is 18.3 Å². The van der Waals surface area contributed by atoms with Crippen molar-refractivity contribution in [3.63, 3.8) is 0 Å². The van der Waals surface area contributed by atoms with Gasteiger partial charge >= 0.3 is 0 Å². The molecule has 0 fully saturated rings. The quantitative estimate of drug-likeness (QED) is 0.573. The van der Waals surface area contributed by atoms with Gasteiger partial charge in [-0.2, -0.15) is 0 Å². The van der Waals surface area contributed by atoms with Crippen LogP contribution in [0.3, 0.4) is 0 Å². The second-order valence-corrected chi connectivity index (χ2v) is 2.14. The molecule has 10 heavy (non-hydrogen) atoms. The van der Waals surface area contributed by atoms with Crippen LogP contribution in [0.5, 0.6) is 0 Å². The van der Waals surface area contributed by atoms with E-state index in [4.69, 9.17) is 9.47 Å². The molecule has 0 radical (unpaired) electrons. The topological polar surface area (TPSA) is 18.5 Å². The van der Waals surface area contributed by atoms with E-state index in [1.807, 2.05) is 0 Å². The van der Waals surface area contributed by atoms with E-state index in [9.17, 15) is 8.78 Å². The molecule has 0 bridgehead atoms. The van der Waals surface area contributed by atoms with Gasteiger partial charge in [-0.1, -0.05) is 0 Å². The van der Waals surface area contributed by atoms with Gasteiger partial charge in [0.25, 0.3) is 0 Å². The molecule has 62 valence electrons. The summed E-state index contributed by atoms with van der Waals surface area (Å²) in [5.41, 5.74) is 0. The lowest BCUT2D eigenvalue weighted by Crippen LogP contribution is -2.31. The summed E-state index contributed by atoms with van der Waals surface area (Å²) in [6.45, 7) is 1.47. The molecule has 0 aromatic carbocycles. The van der Waals surface area contributed by atoms with Crippen LogP contribution in [0.1, 0.15) is 13.3 Å². The third-order valence-electron chi connectivity index (χ3n) is 1.39. The predicted octanol–water partition coefficient (Wildman–Crippen LogP) is 1.65. The highest BCUT2D eigenvalue weighted by Crippen LogP contribution is 2.19. The zero-order valence-corrected chi connectivity index (χ0v) is 6.36. The Balaban J connectivity index is 3.80. The second-order valence-electron chi connectivity index (χ2n) is 2.14. The Morgan fingerprint density at radius 2 is 1.70 bits per heavy atom. The average Bonchev–Trinajstić information content (AvgIpc) is 1.87. The molecule has 0 aliphatic rings. The first kappa shape index (κ1) is 9.78. The molecule has 0 aliphatic carbocycles. The molecule has 4 heteroatoms. The highest BCUT2D eigenvalue weighted by atomic mass is 19.3. The molecule has 0 N–H and O–H groups in total. The molecule has 2 nitrogen and oxygen atoms in total. The molecular weight excluding hydrogens is 142 g/mol. The van der Waals surface area contributed by atoms with Gasteiger partial charge in [0.15, 0.2) is 5.79 Å². The van der Waals surface area contributed by atoms with Gasteiger partial charge in [-0.15, -0.1) is 0 Å². The maximum atomic E-state index is 11.7. The third-order valence-corrected chi connectivity index (χ3v) is 1.39. The molecule has 0 aromatic rings. The van der Waals surface area contributed by atoms with Crippen molar-refractivity contribution in [2.24, 2.45) is 0 Å². The van der Waals surface area contributed by atoms with Crippen LogP contribution in [0.2, 0.25) is 0 Å². The monoisotopic (exact) mass is 154 g/mol. The van der Waals surface area contributed by atoms with Crippen LogP contribution in [0.25, 0.3) is 0 Å². The van der Waals surface area contributed by atoms with E-state index in [-0.39, 0.29) is 0 Å². The fraction of sp³-hybridized carbons (Fsp3) is 1.00. The van der Waals surface area contributed by atoms with Gasteiger partial charge in [0, 0.05) is 14.2 Å². The van der Waals surface area contributed by atoms with E-state index in [0.717, 1.165) is 0 Å². The Hall–Kier alpha value is -0.220. The molecule has 0 unspecified atom stereocenters. The minimum Gasteiger partial charge on any atom is -0.353 e. The molecule has 0 aliphatic heterocycles. The predicted molar refractivity (Wildman–Crippen MR) is 33.0 cm³/mol. The molecule has 0 spiro atoms. The van der Waals surface area contributed by atoms with Crippen LogP contribution in [0, 0.1) is 0 Å². The molecule has 0 heterocycles. The van der Waals surface area contributed by atoms with E-state index in [0.29, 0.717) is 0 Å². The minimum absolute atomic E-state index is 0.403. The number of rotatable bonds is 4. The number of hydrogen-bond donors (Lipinski definition) is 0. The van der Waals surface area contributed by atoms with Crippen molar-refractivity contribution in [3.8, 4) is 0 Å². The summed E-state index contributed by atoms with van der Waals surface area (Å²) >= 11 is 0. The van der Waals surface area contributed by atoms with Gasteiger partial charge in [0.2, 0.25) is 6.43 Å². The first-order valence-corrected chi connectivity index (χ1v) is 2.92. The molecule has 0 saturated heterocycles. The maximum absolute atomic E-state index is 11.7. The van der Waals surface area contributed by atoms with Gasteiger partial charge in [0.1, 0.15) is 0 Å². The van der Waals surface area contributed by atoms with Crippen LogP contribution in [-0.4, -0.2) is 26.4 Å². The minimum atomic E-state index is -2.40. The van der Waals surface area contributed by atoms with Crippen molar-refractivity contribution in [2.75, 3.05) is 14.2 Å². The normalized spacial score (nSPS) is 12.6. The lowest BCUT2D eigenvalue weighted by Gasteiger charge is -2.25. The second kappa shape index (κ2) is 3.83. The highest BCUT2D eigenvalue weighted by molar-refractivity contribution is 4.62. The first-order valence-electron chi connectivity index (χ1n) is 2.92. The van der Waals surface area contributed by atoms with Gasteiger partial charge in [-0.3, -0.25) is 0 Å². The van der Waals surface area contributed by atoms with Crippen molar-refractivity contribution >= 4 is 0 Å². The molecule has 0 atom stereocenters. The molecule has 0 aromatic heterocycles. The number of halogens is 2. The summed E-state index contributed by atoms with van der Waals surface area (Å²) in [7, 11) is 2.68. The Morgan fingerprint density at radius 1 is 1.30 bits per heavy atom. The molecular formula is C6H12F2O2. The standard InChI is InChI=1S/C6H12F2O2/c1-6(9-2,10-3)4-5(7)8/h5H,4H2,1-3H3. The van der Waals surface area contributed by atoms with Crippen molar-refractivity contribution in [2.45, 2.75) is 25.6 Å². The molecule has 0 saturated carbocycles. The summed E-state index contributed by atoms with van der Waals surface area (Å²) in [5, 5.41) is 0. The van der Waals surface area contributed by atoms with E-state index < -0.39 is 18.6 Å². The number of methoxy groups -OCH3 is 2. The Labute approximate surface area is 59.1 Å². The smallest absolute Gasteiger partial charge is 0.243 e. The van der Waals surface area contributed by atoms with E-state index in [1.165, 1.54) is 21.1 Å². The number of hydrogen-bond acceptors (Lipinski definition) is 2. The summed E-state index contributed by atoms with van der Waals surface area (Å²) in [6, 6.07) is 0. The van der Waals surface area contributed by atoms with Crippen LogP contribution in [0.15, 0.2) is 0 Å². The van der Waals surface area contributed by atoms with Crippen LogP contribution >= 0.6 is 0 Å². The summed E-state index contributed by atoms with van der Waals surface area (Å²) in [6.07, 6.45) is -2.80. The lowest BCUT2D eigenvalue weighted by atomic mass is 10.2. The fourth-order valence-corrected chi connectivity index (χ4v) is 0.530. The third kappa shape index (κ3) is 3.08. The van der Waals surface area contributed by atoms with Crippen molar-refractivity contribution in [1.82, 2.24) is 0 Å². The zero-order chi connectivity index (χ0) is 8.20. The van der Waals surface area contributed by atoms with Crippen LogP contribution in [0.4, 0.5) is 8.78 Å². The number of ether oxygens (including phenoxy) is 2. The molecule has 0 amide bonds. The summed E-state index contributed by atoms with van der Waals surface area (Å²) in [4.78, 5) is 0. The largest absolute Gasteiger partial charge is 0.353 e. The van der Waals surface area contributed by atoms with Gasteiger partial charge < -0.3 is 9.47 Å². The SMILES string of the molecule is COC(C)(CC(F)F)OC. The van der Waals surface area contributed by atoms with Gasteiger partial charge in [-0.05, 0) is 6.92 Å².